The van der Waals surface area contributed by atoms with Crippen LogP contribution < -0.4 is 5.73 Å². The van der Waals surface area contributed by atoms with Gasteiger partial charge in [0.2, 0.25) is 5.22 Å². The zero-order chi connectivity index (χ0) is 14.3. The molecule has 0 amide bonds. The van der Waals surface area contributed by atoms with Crippen molar-refractivity contribution in [1.82, 2.24) is 10.2 Å². The Hall–Kier alpha value is -2.34. The molecule has 0 aliphatic heterocycles. The highest BCUT2D eigenvalue weighted by atomic mass is 35.5. The maximum atomic E-state index is 13.9. The van der Waals surface area contributed by atoms with Crippen LogP contribution in [-0.2, 0) is 0 Å². The summed E-state index contributed by atoms with van der Waals surface area (Å²) in [6, 6.07) is 4.82. The third kappa shape index (κ3) is 1.94. The molecular weight excluding hydrogens is 288 g/mol. The van der Waals surface area contributed by atoms with Gasteiger partial charge in [-0.2, -0.15) is 5.10 Å². The molecule has 0 saturated heterocycles. The van der Waals surface area contributed by atoms with E-state index in [1.54, 1.807) is 6.07 Å². The van der Waals surface area contributed by atoms with E-state index in [0.717, 1.165) is 12.1 Å². The van der Waals surface area contributed by atoms with E-state index in [9.17, 15) is 8.78 Å². The topological polar surface area (TPSA) is 67.8 Å². The molecule has 0 spiro atoms. The minimum atomic E-state index is -0.737. The lowest BCUT2D eigenvalue weighted by molar-refractivity contribution is 0.570. The van der Waals surface area contributed by atoms with Crippen molar-refractivity contribution < 1.29 is 13.2 Å². The molecule has 7 heteroatoms. The summed E-state index contributed by atoms with van der Waals surface area (Å²) in [5, 5.41) is 6.65. The van der Waals surface area contributed by atoms with E-state index in [4.69, 9.17) is 21.8 Å². The number of halogens is 3. The molecule has 1 aromatic carbocycles. The number of anilines is 1. The number of nitrogens with zero attached hydrogens (tertiary/aromatic N) is 1. The van der Waals surface area contributed by atoms with Gasteiger partial charge in [-0.1, -0.05) is 0 Å². The molecule has 0 radical (unpaired) electrons. The number of H-pyrrole nitrogens is 1. The van der Waals surface area contributed by atoms with E-state index in [2.05, 4.69) is 10.2 Å². The van der Waals surface area contributed by atoms with Crippen molar-refractivity contribution in [2.45, 2.75) is 0 Å². The molecule has 0 saturated carbocycles. The molecule has 0 bridgehead atoms. The van der Waals surface area contributed by atoms with Crippen molar-refractivity contribution in [3.8, 4) is 22.4 Å². The van der Waals surface area contributed by atoms with Gasteiger partial charge in [-0.05, 0) is 29.8 Å². The summed E-state index contributed by atoms with van der Waals surface area (Å²) in [6.45, 7) is 0. The van der Waals surface area contributed by atoms with Crippen LogP contribution in [0.15, 0.2) is 34.9 Å². The SMILES string of the molecule is Nc1n[nH]c(-c2ccoc2Cl)c1-c1ccc(F)cc1F. The van der Waals surface area contributed by atoms with E-state index >= 15 is 0 Å². The number of furan rings is 1. The van der Waals surface area contributed by atoms with Crippen LogP contribution >= 0.6 is 11.6 Å². The molecule has 0 unspecified atom stereocenters. The van der Waals surface area contributed by atoms with Gasteiger partial charge in [0.1, 0.15) is 11.6 Å². The van der Waals surface area contributed by atoms with Gasteiger partial charge in [0.05, 0.1) is 23.1 Å². The Bertz CT molecular complexity index is 782. The lowest BCUT2D eigenvalue weighted by Crippen LogP contribution is -1.92. The normalized spacial score (nSPS) is 10.9. The summed E-state index contributed by atoms with van der Waals surface area (Å²) >= 11 is 5.90. The number of aromatic nitrogens is 2. The third-order valence-electron chi connectivity index (χ3n) is 2.88. The van der Waals surface area contributed by atoms with Gasteiger partial charge >= 0.3 is 0 Å². The second-order valence-electron chi connectivity index (χ2n) is 4.09. The van der Waals surface area contributed by atoms with Gasteiger partial charge in [-0.3, -0.25) is 5.10 Å². The highest BCUT2D eigenvalue weighted by Crippen LogP contribution is 2.39. The van der Waals surface area contributed by atoms with Crippen molar-refractivity contribution in [2.75, 3.05) is 5.73 Å². The average Bonchev–Trinajstić information content (AvgIpc) is 2.96. The molecule has 4 nitrogen and oxygen atoms in total. The first-order valence-corrected chi connectivity index (χ1v) is 5.98. The molecule has 102 valence electrons. The molecule has 0 fully saturated rings. The van der Waals surface area contributed by atoms with Gasteiger partial charge < -0.3 is 10.2 Å². The fourth-order valence-corrected chi connectivity index (χ4v) is 2.20. The van der Waals surface area contributed by atoms with Crippen LogP contribution in [0.5, 0.6) is 0 Å². The lowest BCUT2D eigenvalue weighted by Gasteiger charge is -2.05. The molecule has 3 rings (SSSR count). The molecular formula is C13H8ClF2N3O. The zero-order valence-corrected chi connectivity index (χ0v) is 10.7. The standard InChI is InChI=1S/C13H8ClF2N3O/c14-12-8(3-4-20-12)11-10(13(17)19-18-11)7-2-1-6(15)5-9(7)16/h1-5H,(H3,17,18,19). The van der Waals surface area contributed by atoms with Crippen LogP contribution in [0.3, 0.4) is 0 Å². The van der Waals surface area contributed by atoms with Crippen molar-refractivity contribution in [1.29, 1.82) is 0 Å². The highest BCUT2D eigenvalue weighted by molar-refractivity contribution is 6.31. The number of aromatic amines is 1. The Morgan fingerprint density at radius 1 is 1.20 bits per heavy atom. The summed E-state index contributed by atoms with van der Waals surface area (Å²) in [6.07, 6.45) is 1.39. The smallest absolute Gasteiger partial charge is 0.202 e. The molecule has 0 atom stereocenters. The fourth-order valence-electron chi connectivity index (χ4n) is 1.99. The van der Waals surface area contributed by atoms with Gasteiger partial charge in [0.15, 0.2) is 5.82 Å². The molecule has 0 aliphatic rings. The van der Waals surface area contributed by atoms with Crippen molar-refractivity contribution in [2.24, 2.45) is 0 Å². The average molecular weight is 296 g/mol. The van der Waals surface area contributed by atoms with Crippen LogP contribution in [0.4, 0.5) is 14.6 Å². The predicted octanol–water partition coefficient (Wildman–Crippen LogP) is 3.85. The lowest BCUT2D eigenvalue weighted by atomic mass is 10.0. The molecule has 2 aromatic heterocycles. The fraction of sp³-hybridized carbons (Fsp3) is 0. The molecule has 0 aliphatic carbocycles. The number of hydrogen-bond acceptors (Lipinski definition) is 3. The van der Waals surface area contributed by atoms with Crippen molar-refractivity contribution >= 4 is 17.4 Å². The molecule has 2 heterocycles. The molecule has 3 N–H and O–H groups in total. The first kappa shape index (κ1) is 12.7. The number of hydrogen-bond donors (Lipinski definition) is 2. The summed E-state index contributed by atoms with van der Waals surface area (Å²) in [5.74, 6) is -1.32. The van der Waals surface area contributed by atoms with E-state index in [1.165, 1.54) is 12.3 Å². The van der Waals surface area contributed by atoms with Crippen LogP contribution in [0, 0.1) is 11.6 Å². The maximum Gasteiger partial charge on any atom is 0.202 e. The van der Waals surface area contributed by atoms with Crippen LogP contribution in [-0.4, -0.2) is 10.2 Å². The Kier molecular flexibility index (Phi) is 2.94. The predicted molar refractivity (Wildman–Crippen MR) is 71.1 cm³/mol. The quantitative estimate of drug-likeness (QED) is 0.754. The van der Waals surface area contributed by atoms with E-state index in [-0.39, 0.29) is 16.6 Å². The van der Waals surface area contributed by atoms with Gasteiger partial charge in [-0.25, -0.2) is 8.78 Å². The number of rotatable bonds is 2. The van der Waals surface area contributed by atoms with Gasteiger partial charge in [0.25, 0.3) is 0 Å². The number of nitrogens with two attached hydrogens (primary N) is 1. The first-order valence-electron chi connectivity index (χ1n) is 5.60. The van der Waals surface area contributed by atoms with Crippen LogP contribution in [0.25, 0.3) is 22.4 Å². The van der Waals surface area contributed by atoms with E-state index in [0.29, 0.717) is 16.8 Å². The van der Waals surface area contributed by atoms with E-state index < -0.39 is 11.6 Å². The molecule has 20 heavy (non-hydrogen) atoms. The zero-order valence-electron chi connectivity index (χ0n) is 9.95. The maximum absolute atomic E-state index is 13.9. The third-order valence-corrected chi connectivity index (χ3v) is 3.17. The second-order valence-corrected chi connectivity index (χ2v) is 4.43. The summed E-state index contributed by atoms with van der Waals surface area (Å²) in [5.41, 5.74) is 7.10. The number of benzene rings is 1. The first-order chi connectivity index (χ1) is 9.58. The minimum absolute atomic E-state index is 0.0859. The largest absolute Gasteiger partial charge is 0.452 e. The van der Waals surface area contributed by atoms with Crippen molar-refractivity contribution in [3.63, 3.8) is 0 Å². The number of nitrogen functional groups attached to an aromatic ring is 1. The Balaban J connectivity index is 2.24. The summed E-state index contributed by atoms with van der Waals surface area (Å²) in [4.78, 5) is 0. The van der Waals surface area contributed by atoms with E-state index in [1.807, 2.05) is 0 Å². The number of nitrogens with one attached hydrogen (secondary N) is 1. The van der Waals surface area contributed by atoms with Gasteiger partial charge in [-0.15, -0.1) is 0 Å². The Morgan fingerprint density at radius 3 is 2.65 bits per heavy atom. The summed E-state index contributed by atoms with van der Waals surface area (Å²) < 4.78 is 31.9. The van der Waals surface area contributed by atoms with Gasteiger partial charge in [0, 0.05) is 11.6 Å². The Morgan fingerprint density at radius 2 is 2.00 bits per heavy atom. The van der Waals surface area contributed by atoms with Crippen LogP contribution in [0.1, 0.15) is 0 Å². The van der Waals surface area contributed by atoms with Crippen LogP contribution in [0.2, 0.25) is 5.22 Å². The molecule has 3 aromatic rings. The summed E-state index contributed by atoms with van der Waals surface area (Å²) in [7, 11) is 0. The highest BCUT2D eigenvalue weighted by Gasteiger charge is 2.21. The second kappa shape index (κ2) is 4.64. The Labute approximate surface area is 117 Å². The minimum Gasteiger partial charge on any atom is -0.452 e. The van der Waals surface area contributed by atoms with Crippen molar-refractivity contribution in [3.05, 3.63) is 47.4 Å². The monoisotopic (exact) mass is 295 g/mol.